The summed E-state index contributed by atoms with van der Waals surface area (Å²) < 4.78 is 4.76. The molecule has 78 valence electrons. The van der Waals surface area contributed by atoms with Gasteiger partial charge in [-0.05, 0) is 6.92 Å². The maximum atomic E-state index is 11.5. The molecule has 2 heterocycles. The Morgan fingerprint density at radius 1 is 1.60 bits per heavy atom. The van der Waals surface area contributed by atoms with Crippen molar-refractivity contribution in [1.82, 2.24) is 15.4 Å². The van der Waals surface area contributed by atoms with Gasteiger partial charge in [0, 0.05) is 6.07 Å². The average molecular weight is 225 g/mol. The summed E-state index contributed by atoms with van der Waals surface area (Å²) in [4.78, 5) is 11.5. The van der Waals surface area contributed by atoms with Crippen molar-refractivity contribution in [3.8, 4) is 0 Å². The second-order valence-electron chi connectivity index (χ2n) is 2.72. The molecule has 0 aromatic carbocycles. The fourth-order valence-corrected chi connectivity index (χ4v) is 1.42. The predicted octanol–water partition coefficient (Wildman–Crippen LogP) is 0.669. The maximum Gasteiger partial charge on any atom is 0.279 e. The molecule has 0 radical (unpaired) electrons. The number of hydrogen-bond acceptors (Lipinski definition) is 7. The summed E-state index contributed by atoms with van der Waals surface area (Å²) in [5.74, 6) is 0.167. The Hall–Kier alpha value is -1.96. The Morgan fingerprint density at radius 2 is 2.40 bits per heavy atom. The molecular weight excluding hydrogens is 218 g/mol. The van der Waals surface area contributed by atoms with E-state index < -0.39 is 5.91 Å². The van der Waals surface area contributed by atoms with E-state index in [0.717, 1.165) is 11.3 Å². The third kappa shape index (κ3) is 2.10. The first-order valence-electron chi connectivity index (χ1n) is 3.99. The highest BCUT2D eigenvalue weighted by Crippen LogP contribution is 2.17. The molecule has 8 heteroatoms. The van der Waals surface area contributed by atoms with E-state index in [4.69, 9.17) is 10.3 Å². The van der Waals surface area contributed by atoms with Crippen LogP contribution in [0.25, 0.3) is 0 Å². The van der Waals surface area contributed by atoms with Gasteiger partial charge in [-0.3, -0.25) is 10.1 Å². The predicted molar refractivity (Wildman–Crippen MR) is 53.5 cm³/mol. The van der Waals surface area contributed by atoms with E-state index in [1.54, 1.807) is 6.92 Å². The van der Waals surface area contributed by atoms with Gasteiger partial charge < -0.3 is 10.3 Å². The zero-order valence-corrected chi connectivity index (χ0v) is 8.54. The Labute approximate surface area is 88.3 Å². The second kappa shape index (κ2) is 3.65. The lowest BCUT2D eigenvalue weighted by Gasteiger charge is -1.94. The van der Waals surface area contributed by atoms with Crippen molar-refractivity contribution < 1.29 is 9.32 Å². The Balaban J connectivity index is 2.10. The molecule has 0 aliphatic heterocycles. The van der Waals surface area contributed by atoms with Crippen LogP contribution in [-0.4, -0.2) is 21.3 Å². The fourth-order valence-electron chi connectivity index (χ4n) is 0.920. The monoisotopic (exact) mass is 225 g/mol. The zero-order valence-electron chi connectivity index (χ0n) is 7.72. The van der Waals surface area contributed by atoms with Crippen LogP contribution in [0.2, 0.25) is 0 Å². The SMILES string of the molecule is Cc1cc(C(=O)Nc2nnc(N)s2)no1. The van der Waals surface area contributed by atoms with E-state index in [-0.39, 0.29) is 5.69 Å². The average Bonchev–Trinajstić information content (AvgIpc) is 2.75. The summed E-state index contributed by atoms with van der Waals surface area (Å²) in [5, 5.41) is 13.9. The van der Waals surface area contributed by atoms with Crippen LogP contribution >= 0.6 is 11.3 Å². The van der Waals surface area contributed by atoms with Crippen molar-refractivity contribution in [3.05, 3.63) is 17.5 Å². The molecule has 3 N–H and O–H groups in total. The highest BCUT2D eigenvalue weighted by molar-refractivity contribution is 7.19. The Bertz CT molecular complexity index is 491. The van der Waals surface area contributed by atoms with Gasteiger partial charge in [-0.1, -0.05) is 16.5 Å². The van der Waals surface area contributed by atoms with Crippen LogP contribution in [0.3, 0.4) is 0 Å². The maximum absolute atomic E-state index is 11.5. The molecule has 0 bridgehead atoms. The van der Waals surface area contributed by atoms with Gasteiger partial charge in [0.2, 0.25) is 10.3 Å². The number of aromatic nitrogens is 3. The number of aryl methyl sites for hydroxylation is 1. The lowest BCUT2D eigenvalue weighted by atomic mass is 10.4. The third-order valence-electron chi connectivity index (χ3n) is 1.52. The first-order chi connectivity index (χ1) is 7.15. The van der Waals surface area contributed by atoms with Crippen LogP contribution in [0.5, 0.6) is 0 Å². The molecule has 0 saturated carbocycles. The summed E-state index contributed by atoms with van der Waals surface area (Å²) >= 11 is 1.08. The third-order valence-corrected chi connectivity index (χ3v) is 2.19. The van der Waals surface area contributed by atoms with Gasteiger partial charge in [0.25, 0.3) is 5.91 Å². The minimum absolute atomic E-state index is 0.196. The lowest BCUT2D eigenvalue weighted by molar-refractivity contribution is 0.101. The molecule has 1 amide bonds. The molecule has 7 nitrogen and oxygen atoms in total. The number of carbonyl (C=O) groups excluding carboxylic acids is 1. The number of nitrogens with zero attached hydrogens (tertiary/aromatic N) is 3. The Kier molecular flexibility index (Phi) is 2.34. The van der Waals surface area contributed by atoms with Gasteiger partial charge in [-0.15, -0.1) is 10.2 Å². The molecule has 15 heavy (non-hydrogen) atoms. The summed E-state index contributed by atoms with van der Waals surface area (Å²) in [6, 6.07) is 1.53. The number of nitrogen functional groups attached to an aromatic ring is 1. The topological polar surface area (TPSA) is 107 Å². The molecule has 0 saturated heterocycles. The molecule has 0 aliphatic carbocycles. The zero-order chi connectivity index (χ0) is 10.8. The number of rotatable bonds is 2. The first kappa shape index (κ1) is 9.59. The van der Waals surface area contributed by atoms with Gasteiger partial charge in [-0.25, -0.2) is 0 Å². The van der Waals surface area contributed by atoms with Crippen molar-refractivity contribution >= 4 is 27.5 Å². The van der Waals surface area contributed by atoms with Crippen molar-refractivity contribution in [2.75, 3.05) is 11.1 Å². The van der Waals surface area contributed by atoms with Crippen LogP contribution in [0, 0.1) is 6.92 Å². The summed E-state index contributed by atoms with van der Waals surface area (Å²) in [7, 11) is 0. The van der Waals surface area contributed by atoms with Crippen LogP contribution < -0.4 is 11.1 Å². The first-order valence-corrected chi connectivity index (χ1v) is 4.80. The summed E-state index contributed by atoms with van der Waals surface area (Å²) in [6.07, 6.45) is 0. The minimum Gasteiger partial charge on any atom is -0.374 e. The normalized spacial score (nSPS) is 10.2. The molecule has 2 aromatic heterocycles. The van der Waals surface area contributed by atoms with Crippen LogP contribution in [-0.2, 0) is 0 Å². The summed E-state index contributed by atoms with van der Waals surface area (Å²) in [5.41, 5.74) is 5.55. The van der Waals surface area contributed by atoms with Crippen LogP contribution in [0.4, 0.5) is 10.3 Å². The van der Waals surface area contributed by atoms with Gasteiger partial charge in [0.15, 0.2) is 5.69 Å². The molecule has 0 spiro atoms. The number of anilines is 2. The largest absolute Gasteiger partial charge is 0.374 e. The van der Waals surface area contributed by atoms with Crippen molar-refractivity contribution in [2.24, 2.45) is 0 Å². The highest BCUT2D eigenvalue weighted by Gasteiger charge is 2.12. The van der Waals surface area contributed by atoms with Crippen LogP contribution in [0.1, 0.15) is 16.2 Å². The highest BCUT2D eigenvalue weighted by atomic mass is 32.1. The molecule has 0 fully saturated rings. The van der Waals surface area contributed by atoms with Crippen LogP contribution in [0.15, 0.2) is 10.6 Å². The molecular formula is C7H7N5O2S. The minimum atomic E-state index is -0.400. The number of amides is 1. The fraction of sp³-hybridized carbons (Fsp3) is 0.143. The van der Waals surface area contributed by atoms with E-state index in [9.17, 15) is 4.79 Å². The molecule has 0 atom stereocenters. The lowest BCUT2D eigenvalue weighted by Crippen LogP contribution is -2.11. The molecule has 2 rings (SSSR count). The van der Waals surface area contributed by atoms with Gasteiger partial charge in [0.1, 0.15) is 5.76 Å². The number of carbonyl (C=O) groups is 1. The standard InChI is InChI=1S/C7H7N5O2S/c1-3-2-4(12-14-3)5(13)9-7-11-10-6(8)15-7/h2H,1H3,(H2,8,10)(H,9,11,13). The van der Waals surface area contributed by atoms with E-state index in [0.29, 0.717) is 16.0 Å². The van der Waals surface area contributed by atoms with Crippen molar-refractivity contribution in [2.45, 2.75) is 6.92 Å². The van der Waals surface area contributed by atoms with Gasteiger partial charge in [-0.2, -0.15) is 0 Å². The number of nitrogens with one attached hydrogen (secondary N) is 1. The number of nitrogens with two attached hydrogens (primary N) is 1. The van der Waals surface area contributed by atoms with E-state index in [1.165, 1.54) is 6.07 Å². The van der Waals surface area contributed by atoms with Gasteiger partial charge in [0.05, 0.1) is 0 Å². The van der Waals surface area contributed by atoms with E-state index >= 15 is 0 Å². The smallest absolute Gasteiger partial charge is 0.279 e. The van der Waals surface area contributed by atoms with Crippen molar-refractivity contribution in [3.63, 3.8) is 0 Å². The quantitative estimate of drug-likeness (QED) is 0.777. The van der Waals surface area contributed by atoms with E-state index in [2.05, 4.69) is 20.7 Å². The van der Waals surface area contributed by atoms with Crippen molar-refractivity contribution in [1.29, 1.82) is 0 Å². The summed E-state index contributed by atoms with van der Waals surface area (Å²) in [6.45, 7) is 1.70. The second-order valence-corrected chi connectivity index (χ2v) is 3.73. The molecule has 0 aliphatic rings. The van der Waals surface area contributed by atoms with E-state index in [1.807, 2.05) is 0 Å². The number of hydrogen-bond donors (Lipinski definition) is 2. The molecule has 2 aromatic rings. The van der Waals surface area contributed by atoms with Gasteiger partial charge >= 0.3 is 0 Å². The Morgan fingerprint density at radius 3 is 2.93 bits per heavy atom. The molecule has 0 unspecified atom stereocenters.